The molecular weight excluding hydrogens is 330 g/mol. The Labute approximate surface area is 145 Å². The molecule has 0 fully saturated rings. The fourth-order valence-electron chi connectivity index (χ4n) is 2.27. The van der Waals surface area contributed by atoms with Crippen LogP contribution < -0.4 is 10.2 Å². The van der Waals surface area contributed by atoms with Gasteiger partial charge in [-0.2, -0.15) is 0 Å². The van der Waals surface area contributed by atoms with Crippen molar-refractivity contribution in [3.8, 4) is 0 Å². The smallest absolute Gasteiger partial charge is 0.256 e. The number of halogens is 2. The van der Waals surface area contributed by atoms with E-state index in [1.807, 2.05) is 26.0 Å². The molecule has 2 aromatic carbocycles. The van der Waals surface area contributed by atoms with Gasteiger partial charge >= 0.3 is 0 Å². The molecule has 128 valence electrons. The first-order chi connectivity index (χ1) is 11.3. The molecule has 0 radical (unpaired) electrons. The predicted molar refractivity (Wildman–Crippen MR) is 96.1 cm³/mol. The highest BCUT2D eigenvalue weighted by atomic mass is 32.2. The third kappa shape index (κ3) is 4.26. The summed E-state index contributed by atoms with van der Waals surface area (Å²) in [6, 6.07) is 9.40. The normalized spacial score (nSPS) is 10.8. The van der Waals surface area contributed by atoms with Crippen molar-refractivity contribution in [2.24, 2.45) is 0 Å². The lowest BCUT2D eigenvalue weighted by molar-refractivity contribution is 0.102. The number of benzene rings is 2. The number of carbonyl (C=O) groups is 1. The minimum absolute atomic E-state index is 0.0879. The Hall–Kier alpha value is -2.08. The minimum Gasteiger partial charge on any atom is -0.373 e. The molecule has 1 N–H and O–H groups in total. The van der Waals surface area contributed by atoms with Crippen LogP contribution >= 0.6 is 11.8 Å². The average molecular weight is 350 g/mol. The van der Waals surface area contributed by atoms with E-state index in [4.69, 9.17) is 0 Å². The van der Waals surface area contributed by atoms with Gasteiger partial charge in [-0.15, -0.1) is 11.8 Å². The molecule has 0 atom stereocenters. The fraction of sp³-hybridized carbons (Fsp3) is 0.278. The SMILES string of the molecule is CC(C)Sc1ccccc1C(=O)Nc1cc(F)c(N(C)C)c(F)c1. The van der Waals surface area contributed by atoms with Gasteiger partial charge in [-0.1, -0.05) is 26.0 Å². The first-order valence-corrected chi connectivity index (χ1v) is 8.41. The standard InChI is InChI=1S/C18H20F2N2OS/c1-11(2)24-16-8-6-5-7-13(16)18(23)21-12-9-14(19)17(22(3)4)15(20)10-12/h5-11H,1-4H3,(H,21,23). The number of nitrogens with one attached hydrogen (secondary N) is 1. The van der Waals surface area contributed by atoms with Gasteiger partial charge in [-0.3, -0.25) is 4.79 Å². The van der Waals surface area contributed by atoms with Crippen LogP contribution in [0.5, 0.6) is 0 Å². The predicted octanol–water partition coefficient (Wildman–Crippen LogP) is 4.78. The molecule has 0 saturated heterocycles. The van der Waals surface area contributed by atoms with Gasteiger partial charge in [0.1, 0.15) is 5.69 Å². The van der Waals surface area contributed by atoms with Gasteiger partial charge < -0.3 is 10.2 Å². The van der Waals surface area contributed by atoms with Crippen molar-refractivity contribution in [1.29, 1.82) is 0 Å². The summed E-state index contributed by atoms with van der Waals surface area (Å²) < 4.78 is 28.1. The van der Waals surface area contributed by atoms with E-state index < -0.39 is 17.5 Å². The number of hydrogen-bond donors (Lipinski definition) is 1. The molecule has 0 aliphatic carbocycles. The molecule has 24 heavy (non-hydrogen) atoms. The van der Waals surface area contributed by atoms with E-state index in [1.54, 1.807) is 38.0 Å². The van der Waals surface area contributed by atoms with E-state index in [0.717, 1.165) is 17.0 Å². The zero-order chi connectivity index (χ0) is 17.9. The molecule has 2 aromatic rings. The molecule has 0 unspecified atom stereocenters. The molecule has 0 aromatic heterocycles. The van der Waals surface area contributed by atoms with Crippen LogP contribution in [0.15, 0.2) is 41.3 Å². The van der Waals surface area contributed by atoms with Crippen LogP contribution in [0.2, 0.25) is 0 Å². The molecule has 6 heteroatoms. The van der Waals surface area contributed by atoms with Crippen LogP contribution in [0.25, 0.3) is 0 Å². The van der Waals surface area contributed by atoms with E-state index in [9.17, 15) is 13.6 Å². The van der Waals surface area contributed by atoms with E-state index in [2.05, 4.69) is 5.32 Å². The molecule has 0 spiro atoms. The van der Waals surface area contributed by atoms with Gasteiger partial charge in [0.2, 0.25) is 0 Å². The summed E-state index contributed by atoms with van der Waals surface area (Å²) in [7, 11) is 3.11. The molecule has 0 aliphatic heterocycles. The third-order valence-corrected chi connectivity index (χ3v) is 4.30. The molecule has 0 aliphatic rings. The number of thioether (sulfide) groups is 1. The summed E-state index contributed by atoms with van der Waals surface area (Å²) in [5, 5.41) is 2.88. The summed E-state index contributed by atoms with van der Waals surface area (Å²) in [6.07, 6.45) is 0. The second kappa shape index (κ2) is 7.66. The van der Waals surface area contributed by atoms with Crippen molar-refractivity contribution in [1.82, 2.24) is 0 Å². The number of anilines is 2. The Morgan fingerprint density at radius 3 is 2.25 bits per heavy atom. The fourth-order valence-corrected chi connectivity index (χ4v) is 3.23. The highest BCUT2D eigenvalue weighted by Gasteiger charge is 2.16. The molecule has 0 heterocycles. The molecule has 2 rings (SSSR count). The summed E-state index contributed by atoms with van der Waals surface area (Å²) in [5.41, 5.74) is 0.433. The minimum atomic E-state index is -0.722. The maximum absolute atomic E-state index is 14.0. The van der Waals surface area contributed by atoms with Crippen molar-refractivity contribution in [3.63, 3.8) is 0 Å². The first kappa shape index (κ1) is 18.3. The zero-order valence-corrected chi connectivity index (χ0v) is 14.9. The topological polar surface area (TPSA) is 32.3 Å². The maximum Gasteiger partial charge on any atom is 0.256 e. The van der Waals surface area contributed by atoms with Crippen molar-refractivity contribution in [3.05, 3.63) is 53.6 Å². The van der Waals surface area contributed by atoms with Crippen LogP contribution in [0.4, 0.5) is 20.2 Å². The highest BCUT2D eigenvalue weighted by Crippen LogP contribution is 2.29. The third-order valence-electron chi connectivity index (χ3n) is 3.22. The van der Waals surface area contributed by atoms with Crippen molar-refractivity contribution < 1.29 is 13.6 Å². The second-order valence-electron chi connectivity index (χ2n) is 5.80. The number of carbonyl (C=O) groups excluding carboxylic acids is 1. The molecule has 3 nitrogen and oxygen atoms in total. The van der Waals surface area contributed by atoms with Crippen LogP contribution in [0, 0.1) is 11.6 Å². The Morgan fingerprint density at radius 2 is 1.71 bits per heavy atom. The average Bonchev–Trinajstić information content (AvgIpc) is 2.45. The van der Waals surface area contributed by atoms with Gasteiger partial charge in [-0.25, -0.2) is 8.78 Å². The highest BCUT2D eigenvalue weighted by molar-refractivity contribution is 8.00. The summed E-state index contributed by atoms with van der Waals surface area (Å²) in [5.74, 6) is -1.84. The van der Waals surface area contributed by atoms with Crippen LogP contribution in [-0.4, -0.2) is 25.3 Å². The first-order valence-electron chi connectivity index (χ1n) is 7.53. The molecule has 1 amide bonds. The summed E-state index contributed by atoms with van der Waals surface area (Å²) in [4.78, 5) is 14.7. The van der Waals surface area contributed by atoms with Gasteiger partial charge in [0.05, 0.1) is 5.56 Å². The quantitative estimate of drug-likeness (QED) is 0.788. The zero-order valence-electron chi connectivity index (χ0n) is 14.1. The molecular formula is C18H20F2N2OS. The van der Waals surface area contributed by atoms with Gasteiger partial charge in [0.15, 0.2) is 11.6 Å². The second-order valence-corrected chi connectivity index (χ2v) is 7.42. The lowest BCUT2D eigenvalue weighted by Gasteiger charge is -2.16. The van der Waals surface area contributed by atoms with Gasteiger partial charge in [-0.05, 0) is 24.3 Å². The number of rotatable bonds is 5. The van der Waals surface area contributed by atoms with E-state index in [0.29, 0.717) is 10.8 Å². The van der Waals surface area contributed by atoms with E-state index in [1.165, 1.54) is 4.90 Å². The van der Waals surface area contributed by atoms with Gasteiger partial charge in [0, 0.05) is 29.9 Å². The lowest BCUT2D eigenvalue weighted by atomic mass is 10.2. The lowest BCUT2D eigenvalue weighted by Crippen LogP contribution is -2.16. The van der Waals surface area contributed by atoms with Crippen molar-refractivity contribution in [2.75, 3.05) is 24.3 Å². The van der Waals surface area contributed by atoms with Crippen LogP contribution in [0.3, 0.4) is 0 Å². The number of hydrogen-bond acceptors (Lipinski definition) is 3. The Bertz CT molecular complexity index is 725. The van der Waals surface area contributed by atoms with Crippen LogP contribution in [0.1, 0.15) is 24.2 Å². The van der Waals surface area contributed by atoms with Gasteiger partial charge in [0.25, 0.3) is 5.91 Å². The van der Waals surface area contributed by atoms with Crippen LogP contribution in [-0.2, 0) is 0 Å². The summed E-state index contributed by atoms with van der Waals surface area (Å²) >= 11 is 1.56. The van der Waals surface area contributed by atoms with Crippen molar-refractivity contribution >= 4 is 29.0 Å². The maximum atomic E-state index is 14.0. The largest absolute Gasteiger partial charge is 0.373 e. The van der Waals surface area contributed by atoms with E-state index >= 15 is 0 Å². The molecule has 0 bridgehead atoms. The monoisotopic (exact) mass is 350 g/mol. The summed E-state index contributed by atoms with van der Waals surface area (Å²) in [6.45, 7) is 4.06. The Kier molecular flexibility index (Phi) is 5.83. The van der Waals surface area contributed by atoms with E-state index in [-0.39, 0.29) is 11.4 Å². The number of amides is 1. The molecule has 0 saturated carbocycles. The Morgan fingerprint density at radius 1 is 1.12 bits per heavy atom. The van der Waals surface area contributed by atoms with Crippen molar-refractivity contribution in [2.45, 2.75) is 24.0 Å². The Balaban J connectivity index is 2.28. The number of nitrogens with zero attached hydrogens (tertiary/aromatic N) is 1.